The van der Waals surface area contributed by atoms with Crippen molar-refractivity contribution in [2.75, 3.05) is 7.05 Å². The molecule has 0 saturated carbocycles. The zero-order chi connectivity index (χ0) is 20.3. The average Bonchev–Trinajstić information content (AvgIpc) is 3.04. The van der Waals surface area contributed by atoms with E-state index < -0.39 is 6.61 Å². The van der Waals surface area contributed by atoms with Gasteiger partial charge in [-0.05, 0) is 30.7 Å². The number of hydrogen-bond donors (Lipinski definition) is 1. The third-order valence-corrected chi connectivity index (χ3v) is 4.04. The second kappa shape index (κ2) is 7.99. The number of carbonyl (C=O) groups is 1. The molecule has 0 spiro atoms. The Kier molecular flexibility index (Phi) is 5.48. The summed E-state index contributed by atoms with van der Waals surface area (Å²) in [6.07, 6.45) is 1.43. The first-order valence-electron chi connectivity index (χ1n) is 8.25. The zero-order valence-electron chi connectivity index (χ0n) is 15.1. The van der Waals surface area contributed by atoms with Crippen molar-refractivity contribution in [3.63, 3.8) is 0 Å². The van der Waals surface area contributed by atoms with E-state index >= 15 is 0 Å². The first-order valence-corrected chi connectivity index (χ1v) is 8.25. The van der Waals surface area contributed by atoms with Gasteiger partial charge in [-0.3, -0.25) is 9.59 Å². The molecule has 0 fully saturated rings. The summed E-state index contributed by atoms with van der Waals surface area (Å²) in [6.45, 7) is -0.890. The number of carbonyl (C=O) groups excluding carboxylic acids is 1. The van der Waals surface area contributed by atoms with Crippen molar-refractivity contribution < 1.29 is 18.3 Å². The van der Waals surface area contributed by atoms with Gasteiger partial charge in [0.05, 0.1) is 17.5 Å². The van der Waals surface area contributed by atoms with Gasteiger partial charge in [0.15, 0.2) is 5.82 Å². The fraction of sp³-hybridized carbons (Fsp3) is 0.222. The molecule has 2 aromatic heterocycles. The van der Waals surface area contributed by atoms with Crippen LogP contribution in [-0.4, -0.2) is 44.4 Å². The molecule has 3 rings (SSSR count). The van der Waals surface area contributed by atoms with Gasteiger partial charge in [0.2, 0.25) is 0 Å². The molecule has 0 bridgehead atoms. The SMILES string of the molecule is Cc1c(C(=O)N(C)Cc2ccc(OC(F)F)cc2)cnn1-c1ccc(=O)[nH]n1. The van der Waals surface area contributed by atoms with Gasteiger partial charge in [-0.25, -0.2) is 9.78 Å². The van der Waals surface area contributed by atoms with E-state index in [1.807, 2.05) is 0 Å². The maximum Gasteiger partial charge on any atom is 0.387 e. The highest BCUT2D eigenvalue weighted by atomic mass is 19.3. The standard InChI is InChI=1S/C18H17F2N5O3/c1-11-14(9-21-25(11)15-7-8-16(26)23-22-15)17(27)24(2)10-12-3-5-13(6-4-12)28-18(19)20/h3-9,18H,10H2,1-2H3,(H,23,26). The molecular formula is C18H17F2N5O3. The molecule has 28 heavy (non-hydrogen) atoms. The lowest BCUT2D eigenvalue weighted by Gasteiger charge is -2.17. The van der Waals surface area contributed by atoms with Gasteiger partial charge in [0, 0.05) is 19.7 Å². The predicted octanol–water partition coefficient (Wildman–Crippen LogP) is 2.14. The Morgan fingerprint density at radius 2 is 1.96 bits per heavy atom. The van der Waals surface area contributed by atoms with E-state index in [-0.39, 0.29) is 23.8 Å². The van der Waals surface area contributed by atoms with Crippen LogP contribution in [0.15, 0.2) is 47.4 Å². The lowest BCUT2D eigenvalue weighted by atomic mass is 10.2. The summed E-state index contributed by atoms with van der Waals surface area (Å²) in [4.78, 5) is 25.4. The number of benzene rings is 1. The lowest BCUT2D eigenvalue weighted by molar-refractivity contribution is -0.0498. The smallest absolute Gasteiger partial charge is 0.387 e. The largest absolute Gasteiger partial charge is 0.435 e. The topological polar surface area (TPSA) is 93.1 Å². The van der Waals surface area contributed by atoms with Crippen LogP contribution in [0.5, 0.6) is 5.75 Å². The molecule has 3 aromatic rings. The van der Waals surface area contributed by atoms with Gasteiger partial charge < -0.3 is 9.64 Å². The number of alkyl halides is 2. The Bertz CT molecular complexity index is 1010. The van der Waals surface area contributed by atoms with E-state index in [0.717, 1.165) is 5.56 Å². The highest BCUT2D eigenvalue weighted by Gasteiger charge is 2.19. The highest BCUT2D eigenvalue weighted by molar-refractivity contribution is 5.95. The van der Waals surface area contributed by atoms with Crippen LogP contribution in [-0.2, 0) is 6.54 Å². The van der Waals surface area contributed by atoms with Crippen molar-refractivity contribution >= 4 is 5.91 Å². The van der Waals surface area contributed by atoms with Gasteiger partial charge >= 0.3 is 6.61 Å². The van der Waals surface area contributed by atoms with Gasteiger partial charge in [0.1, 0.15) is 5.75 Å². The minimum Gasteiger partial charge on any atom is -0.435 e. The molecule has 1 amide bonds. The second-order valence-corrected chi connectivity index (χ2v) is 6.02. The molecular weight excluding hydrogens is 372 g/mol. The van der Waals surface area contributed by atoms with E-state index in [1.54, 1.807) is 26.1 Å². The highest BCUT2D eigenvalue weighted by Crippen LogP contribution is 2.18. The number of aromatic nitrogens is 4. The Labute approximate surface area is 158 Å². The summed E-state index contributed by atoms with van der Waals surface area (Å²) < 4.78 is 30.2. The molecule has 0 unspecified atom stereocenters. The Balaban J connectivity index is 1.73. The van der Waals surface area contributed by atoms with Gasteiger partial charge in [-0.15, -0.1) is 0 Å². The van der Waals surface area contributed by atoms with Crippen LogP contribution in [0, 0.1) is 6.92 Å². The van der Waals surface area contributed by atoms with Crippen molar-refractivity contribution in [1.82, 2.24) is 24.9 Å². The number of nitrogens with zero attached hydrogens (tertiary/aromatic N) is 4. The Morgan fingerprint density at radius 3 is 2.57 bits per heavy atom. The van der Waals surface area contributed by atoms with E-state index in [1.165, 1.54) is 40.0 Å². The maximum atomic E-state index is 12.8. The van der Waals surface area contributed by atoms with E-state index in [2.05, 4.69) is 20.0 Å². The number of aromatic amines is 1. The Morgan fingerprint density at radius 1 is 1.25 bits per heavy atom. The molecule has 1 aromatic carbocycles. The molecule has 10 heteroatoms. The lowest BCUT2D eigenvalue weighted by Crippen LogP contribution is -2.26. The molecule has 0 aliphatic heterocycles. The average molecular weight is 389 g/mol. The molecule has 0 saturated heterocycles. The number of nitrogens with one attached hydrogen (secondary N) is 1. The van der Waals surface area contributed by atoms with Crippen molar-refractivity contribution in [2.45, 2.75) is 20.1 Å². The number of amides is 1. The quantitative estimate of drug-likeness (QED) is 0.697. The molecule has 8 nitrogen and oxygen atoms in total. The second-order valence-electron chi connectivity index (χ2n) is 6.02. The van der Waals surface area contributed by atoms with Crippen molar-refractivity contribution in [2.24, 2.45) is 0 Å². The van der Waals surface area contributed by atoms with Crippen molar-refractivity contribution in [3.05, 3.63) is 69.8 Å². The summed E-state index contributed by atoms with van der Waals surface area (Å²) >= 11 is 0. The molecule has 0 aliphatic carbocycles. The molecule has 1 N–H and O–H groups in total. The van der Waals surface area contributed by atoms with Crippen LogP contribution in [0.2, 0.25) is 0 Å². The first kappa shape index (κ1) is 19.2. The summed E-state index contributed by atoms with van der Waals surface area (Å²) in [5.74, 6) is 0.174. The third-order valence-electron chi connectivity index (χ3n) is 4.04. The molecule has 0 radical (unpaired) electrons. The third kappa shape index (κ3) is 4.22. The number of rotatable bonds is 6. The van der Waals surface area contributed by atoms with Crippen molar-refractivity contribution in [1.29, 1.82) is 0 Å². The molecule has 146 valence electrons. The molecule has 0 atom stereocenters. The summed E-state index contributed by atoms with van der Waals surface area (Å²) in [5.41, 5.74) is 1.37. The van der Waals surface area contributed by atoms with Crippen LogP contribution in [0.4, 0.5) is 8.78 Å². The van der Waals surface area contributed by atoms with Crippen LogP contribution < -0.4 is 10.3 Å². The fourth-order valence-electron chi connectivity index (χ4n) is 2.63. The summed E-state index contributed by atoms with van der Waals surface area (Å²) in [5, 5.41) is 10.4. The van der Waals surface area contributed by atoms with Crippen LogP contribution in [0.3, 0.4) is 0 Å². The fourth-order valence-corrected chi connectivity index (χ4v) is 2.63. The summed E-state index contributed by atoms with van der Waals surface area (Å²) in [7, 11) is 1.63. The van der Waals surface area contributed by atoms with Crippen LogP contribution in [0.25, 0.3) is 5.82 Å². The van der Waals surface area contributed by atoms with Crippen LogP contribution in [0.1, 0.15) is 21.6 Å². The normalized spacial score (nSPS) is 10.9. The number of H-pyrrole nitrogens is 1. The van der Waals surface area contributed by atoms with Gasteiger partial charge in [-0.1, -0.05) is 12.1 Å². The summed E-state index contributed by atoms with van der Waals surface area (Å²) in [6, 6.07) is 8.89. The number of hydrogen-bond acceptors (Lipinski definition) is 5. The van der Waals surface area contributed by atoms with Crippen molar-refractivity contribution in [3.8, 4) is 11.6 Å². The van der Waals surface area contributed by atoms with Gasteiger partial charge in [0.25, 0.3) is 11.5 Å². The molecule has 2 heterocycles. The van der Waals surface area contributed by atoms with E-state index in [4.69, 9.17) is 0 Å². The number of ether oxygens (including phenoxy) is 1. The molecule has 0 aliphatic rings. The zero-order valence-corrected chi connectivity index (χ0v) is 15.1. The first-order chi connectivity index (χ1) is 13.3. The van der Waals surface area contributed by atoms with E-state index in [0.29, 0.717) is 17.1 Å². The minimum atomic E-state index is -2.88. The predicted molar refractivity (Wildman–Crippen MR) is 95.6 cm³/mol. The maximum absolute atomic E-state index is 12.8. The van der Waals surface area contributed by atoms with Gasteiger partial charge in [-0.2, -0.15) is 19.0 Å². The monoisotopic (exact) mass is 389 g/mol. The Hall–Kier alpha value is -3.56. The van der Waals surface area contributed by atoms with E-state index in [9.17, 15) is 18.4 Å². The van der Waals surface area contributed by atoms with Crippen LogP contribution >= 0.6 is 0 Å². The number of halogens is 2. The minimum absolute atomic E-state index is 0.0539.